The van der Waals surface area contributed by atoms with Crippen molar-refractivity contribution >= 4 is 0 Å². The maximum absolute atomic E-state index is 3.61. The molecule has 0 aromatic heterocycles. The van der Waals surface area contributed by atoms with Crippen LogP contribution in [0, 0.1) is 5.41 Å². The molecule has 0 fully saturated rings. The van der Waals surface area contributed by atoms with E-state index in [2.05, 4.69) is 58.8 Å². The van der Waals surface area contributed by atoms with Crippen molar-refractivity contribution in [1.82, 2.24) is 10.2 Å². The first-order valence-corrected chi connectivity index (χ1v) is 6.80. The van der Waals surface area contributed by atoms with Crippen LogP contribution in [0.1, 0.15) is 54.4 Å². The van der Waals surface area contributed by atoms with Crippen LogP contribution in [0.15, 0.2) is 0 Å². The summed E-state index contributed by atoms with van der Waals surface area (Å²) in [5.74, 6) is 0. The Hall–Kier alpha value is -0.0800. The Morgan fingerprint density at radius 2 is 1.56 bits per heavy atom. The molecule has 2 nitrogen and oxygen atoms in total. The first-order valence-electron chi connectivity index (χ1n) is 6.80. The summed E-state index contributed by atoms with van der Waals surface area (Å²) in [5, 5.41) is 3.61. The number of nitrogens with one attached hydrogen (secondary N) is 1. The second kappa shape index (κ2) is 7.29. The van der Waals surface area contributed by atoms with Gasteiger partial charge in [-0.15, -0.1) is 0 Å². The lowest BCUT2D eigenvalue weighted by Crippen LogP contribution is -2.45. The number of nitrogens with zero attached hydrogens (tertiary/aromatic N) is 1. The number of hydrogen-bond donors (Lipinski definition) is 1. The summed E-state index contributed by atoms with van der Waals surface area (Å²) in [6, 6.07) is 1.22. The Labute approximate surface area is 103 Å². The summed E-state index contributed by atoms with van der Waals surface area (Å²) in [4.78, 5) is 2.47. The van der Waals surface area contributed by atoms with Crippen molar-refractivity contribution in [2.45, 2.75) is 66.5 Å². The van der Waals surface area contributed by atoms with Crippen LogP contribution in [-0.4, -0.2) is 37.1 Å². The zero-order valence-corrected chi connectivity index (χ0v) is 12.4. The summed E-state index contributed by atoms with van der Waals surface area (Å²) in [7, 11) is 2.24. The van der Waals surface area contributed by atoms with Gasteiger partial charge in [-0.25, -0.2) is 0 Å². The van der Waals surface area contributed by atoms with Gasteiger partial charge in [0.05, 0.1) is 0 Å². The van der Waals surface area contributed by atoms with Crippen molar-refractivity contribution < 1.29 is 0 Å². The summed E-state index contributed by atoms with van der Waals surface area (Å²) < 4.78 is 0. The fourth-order valence-corrected chi connectivity index (χ4v) is 1.91. The van der Waals surface area contributed by atoms with Crippen molar-refractivity contribution in [2.75, 3.05) is 20.1 Å². The Balaban J connectivity index is 4.42. The molecule has 1 N–H and O–H groups in total. The van der Waals surface area contributed by atoms with E-state index in [1.165, 1.54) is 19.4 Å². The Kier molecular flexibility index (Phi) is 7.25. The summed E-state index contributed by atoms with van der Waals surface area (Å²) in [6.07, 6.45) is 2.50. The molecule has 0 aromatic carbocycles. The van der Waals surface area contributed by atoms with Crippen molar-refractivity contribution in [1.29, 1.82) is 0 Å². The van der Waals surface area contributed by atoms with E-state index in [0.717, 1.165) is 6.54 Å². The Morgan fingerprint density at radius 3 is 1.88 bits per heavy atom. The minimum atomic E-state index is 0.434. The summed E-state index contributed by atoms with van der Waals surface area (Å²) in [6.45, 7) is 16.0. The quantitative estimate of drug-likeness (QED) is 0.686. The number of hydrogen-bond acceptors (Lipinski definition) is 2. The van der Waals surface area contributed by atoms with Crippen LogP contribution in [0.2, 0.25) is 0 Å². The van der Waals surface area contributed by atoms with Crippen LogP contribution in [-0.2, 0) is 0 Å². The molecule has 0 saturated carbocycles. The minimum Gasteiger partial charge on any atom is -0.314 e. The third kappa shape index (κ3) is 5.31. The highest BCUT2D eigenvalue weighted by Crippen LogP contribution is 2.27. The standard InChI is InChI=1S/C14H32N2/c1-8-14(9-2,10-15-12(3)4)11-16(7)13(5)6/h12-13,15H,8-11H2,1-7H3. The van der Waals surface area contributed by atoms with Crippen LogP contribution in [0.4, 0.5) is 0 Å². The second-order valence-corrected chi connectivity index (χ2v) is 5.75. The molecule has 0 bridgehead atoms. The maximum atomic E-state index is 3.61. The van der Waals surface area contributed by atoms with Crippen LogP contribution in [0.25, 0.3) is 0 Å². The van der Waals surface area contributed by atoms with Gasteiger partial charge in [0.15, 0.2) is 0 Å². The monoisotopic (exact) mass is 228 g/mol. The molecule has 0 spiro atoms. The topological polar surface area (TPSA) is 15.3 Å². The molecule has 0 unspecified atom stereocenters. The lowest BCUT2D eigenvalue weighted by Gasteiger charge is -2.38. The first kappa shape index (κ1) is 15.9. The molecule has 0 saturated heterocycles. The van der Waals surface area contributed by atoms with Gasteiger partial charge in [-0.2, -0.15) is 0 Å². The van der Waals surface area contributed by atoms with E-state index in [1.54, 1.807) is 0 Å². The predicted molar refractivity (Wildman–Crippen MR) is 73.9 cm³/mol. The van der Waals surface area contributed by atoms with Crippen LogP contribution >= 0.6 is 0 Å². The highest BCUT2D eigenvalue weighted by molar-refractivity contribution is 4.83. The molecule has 0 atom stereocenters. The average molecular weight is 228 g/mol. The summed E-state index contributed by atoms with van der Waals surface area (Å²) in [5.41, 5.74) is 0.434. The molecule has 0 aliphatic heterocycles. The first-order chi connectivity index (χ1) is 7.37. The maximum Gasteiger partial charge on any atom is 0.00496 e. The van der Waals surface area contributed by atoms with Gasteiger partial charge in [0.1, 0.15) is 0 Å². The minimum absolute atomic E-state index is 0.434. The molecule has 98 valence electrons. The average Bonchev–Trinajstić information content (AvgIpc) is 2.23. The van der Waals surface area contributed by atoms with Crippen molar-refractivity contribution in [3.63, 3.8) is 0 Å². The predicted octanol–water partition coefficient (Wildman–Crippen LogP) is 3.13. The molecule has 2 heteroatoms. The molecular formula is C14H32N2. The molecule has 16 heavy (non-hydrogen) atoms. The van der Waals surface area contributed by atoms with E-state index in [1.807, 2.05) is 0 Å². The van der Waals surface area contributed by atoms with E-state index in [4.69, 9.17) is 0 Å². The molecule has 0 rings (SSSR count). The second-order valence-electron chi connectivity index (χ2n) is 5.75. The van der Waals surface area contributed by atoms with Gasteiger partial charge in [-0.1, -0.05) is 27.7 Å². The van der Waals surface area contributed by atoms with E-state index in [9.17, 15) is 0 Å². The Bertz CT molecular complexity index is 172. The molecular weight excluding hydrogens is 196 g/mol. The van der Waals surface area contributed by atoms with Gasteiger partial charge in [0.25, 0.3) is 0 Å². The van der Waals surface area contributed by atoms with E-state index in [0.29, 0.717) is 17.5 Å². The molecule has 0 aromatic rings. The third-order valence-corrected chi connectivity index (χ3v) is 3.85. The zero-order valence-electron chi connectivity index (χ0n) is 12.4. The molecule has 0 aliphatic rings. The lowest BCUT2D eigenvalue weighted by molar-refractivity contribution is 0.131. The lowest BCUT2D eigenvalue weighted by atomic mass is 9.81. The Morgan fingerprint density at radius 1 is 1.06 bits per heavy atom. The summed E-state index contributed by atoms with van der Waals surface area (Å²) >= 11 is 0. The van der Waals surface area contributed by atoms with E-state index >= 15 is 0 Å². The van der Waals surface area contributed by atoms with Gasteiger partial charge in [0, 0.05) is 25.2 Å². The van der Waals surface area contributed by atoms with Crippen LogP contribution in [0.5, 0.6) is 0 Å². The fraction of sp³-hybridized carbons (Fsp3) is 1.00. The number of rotatable bonds is 8. The smallest absolute Gasteiger partial charge is 0.00496 e. The van der Waals surface area contributed by atoms with Crippen molar-refractivity contribution in [3.8, 4) is 0 Å². The van der Waals surface area contributed by atoms with E-state index < -0.39 is 0 Å². The highest BCUT2D eigenvalue weighted by Gasteiger charge is 2.28. The highest BCUT2D eigenvalue weighted by atomic mass is 15.1. The fourth-order valence-electron chi connectivity index (χ4n) is 1.91. The van der Waals surface area contributed by atoms with Gasteiger partial charge in [-0.05, 0) is 39.2 Å². The van der Waals surface area contributed by atoms with Crippen molar-refractivity contribution in [3.05, 3.63) is 0 Å². The zero-order chi connectivity index (χ0) is 12.8. The van der Waals surface area contributed by atoms with Gasteiger partial charge in [0.2, 0.25) is 0 Å². The largest absolute Gasteiger partial charge is 0.314 e. The molecule has 0 heterocycles. The normalized spacial score (nSPS) is 13.1. The van der Waals surface area contributed by atoms with Gasteiger partial charge >= 0.3 is 0 Å². The van der Waals surface area contributed by atoms with Gasteiger partial charge in [-0.3, -0.25) is 0 Å². The third-order valence-electron chi connectivity index (χ3n) is 3.85. The molecule has 0 aliphatic carbocycles. The molecule has 0 radical (unpaired) electrons. The van der Waals surface area contributed by atoms with Crippen molar-refractivity contribution in [2.24, 2.45) is 5.41 Å². The van der Waals surface area contributed by atoms with Gasteiger partial charge < -0.3 is 10.2 Å². The SMILES string of the molecule is CCC(CC)(CNC(C)C)CN(C)C(C)C. The van der Waals surface area contributed by atoms with E-state index in [-0.39, 0.29) is 0 Å². The van der Waals surface area contributed by atoms with Crippen LogP contribution < -0.4 is 5.32 Å². The van der Waals surface area contributed by atoms with Crippen LogP contribution in [0.3, 0.4) is 0 Å². The molecule has 0 amide bonds.